The van der Waals surface area contributed by atoms with Gasteiger partial charge in [-0.3, -0.25) is 4.79 Å². The molecule has 1 heterocycles. The zero-order valence-corrected chi connectivity index (χ0v) is 14.3. The lowest BCUT2D eigenvalue weighted by atomic mass is 10.2. The van der Waals surface area contributed by atoms with Crippen LogP contribution >= 0.6 is 15.9 Å². The van der Waals surface area contributed by atoms with E-state index in [2.05, 4.69) is 26.0 Å². The van der Waals surface area contributed by atoms with Crippen LogP contribution in [0.15, 0.2) is 69.6 Å². The molecule has 1 N–H and O–H groups in total. The fraction of sp³-hybridized carbons (Fsp3) is 0.0556. The molecule has 1 amide bonds. The zero-order valence-electron chi connectivity index (χ0n) is 12.7. The van der Waals surface area contributed by atoms with Crippen molar-refractivity contribution < 1.29 is 22.7 Å². The maximum Gasteiger partial charge on any atom is 0.387 e. The highest BCUT2D eigenvalue weighted by Gasteiger charge is 2.16. The molecule has 0 radical (unpaired) electrons. The number of amides is 1. The van der Waals surface area contributed by atoms with E-state index in [4.69, 9.17) is 4.42 Å². The van der Waals surface area contributed by atoms with E-state index in [-0.39, 0.29) is 17.2 Å². The highest BCUT2D eigenvalue weighted by Crippen LogP contribution is 2.28. The topological polar surface area (TPSA) is 51.5 Å². The van der Waals surface area contributed by atoms with Gasteiger partial charge in [0.05, 0.1) is 5.69 Å². The number of nitrogens with one attached hydrogen (secondary N) is 1. The molecular formula is C18H12BrF2NO3. The zero-order chi connectivity index (χ0) is 17.8. The van der Waals surface area contributed by atoms with Crippen LogP contribution in [0, 0.1) is 0 Å². The molecule has 0 aliphatic rings. The molecular weight excluding hydrogens is 396 g/mol. The van der Waals surface area contributed by atoms with Gasteiger partial charge in [0.2, 0.25) is 0 Å². The summed E-state index contributed by atoms with van der Waals surface area (Å²) in [6.45, 7) is -2.98. The molecule has 0 spiro atoms. The average Bonchev–Trinajstić information content (AvgIpc) is 3.07. The van der Waals surface area contributed by atoms with Crippen molar-refractivity contribution in [3.63, 3.8) is 0 Å². The summed E-state index contributed by atoms with van der Waals surface area (Å²) in [6.07, 6.45) is 0. The van der Waals surface area contributed by atoms with Crippen LogP contribution in [-0.2, 0) is 0 Å². The van der Waals surface area contributed by atoms with Gasteiger partial charge in [-0.25, -0.2) is 0 Å². The standard InChI is InChI=1S/C18H12BrF2NO3/c19-12-7-5-11(6-8-12)14-9-10-16(24-14)17(23)22-13-3-1-2-4-15(13)25-18(20)21/h1-10,18H,(H,22,23). The van der Waals surface area contributed by atoms with Crippen molar-refractivity contribution in [1.82, 2.24) is 0 Å². The van der Waals surface area contributed by atoms with Crippen molar-refractivity contribution in [2.24, 2.45) is 0 Å². The predicted molar refractivity (Wildman–Crippen MR) is 92.9 cm³/mol. The molecule has 0 saturated heterocycles. The molecule has 0 unspecified atom stereocenters. The van der Waals surface area contributed by atoms with Crippen LogP contribution in [0.1, 0.15) is 10.6 Å². The number of carbonyl (C=O) groups is 1. The van der Waals surface area contributed by atoms with E-state index < -0.39 is 12.5 Å². The summed E-state index contributed by atoms with van der Waals surface area (Å²) in [6, 6.07) is 16.5. The molecule has 0 fully saturated rings. The van der Waals surface area contributed by atoms with E-state index in [1.807, 2.05) is 24.3 Å². The van der Waals surface area contributed by atoms with Crippen molar-refractivity contribution in [3.05, 3.63) is 70.9 Å². The minimum Gasteiger partial charge on any atom is -0.451 e. The van der Waals surface area contributed by atoms with Gasteiger partial charge >= 0.3 is 6.61 Å². The van der Waals surface area contributed by atoms with Gasteiger partial charge in [-0.15, -0.1) is 0 Å². The molecule has 25 heavy (non-hydrogen) atoms. The first-order valence-corrected chi connectivity index (χ1v) is 8.03. The first-order chi connectivity index (χ1) is 12.0. The molecule has 1 aromatic heterocycles. The average molecular weight is 408 g/mol. The SMILES string of the molecule is O=C(Nc1ccccc1OC(F)F)c1ccc(-c2ccc(Br)cc2)o1. The second-order valence-electron chi connectivity index (χ2n) is 5.00. The van der Waals surface area contributed by atoms with Gasteiger partial charge in [0.15, 0.2) is 5.76 Å². The van der Waals surface area contributed by atoms with Gasteiger partial charge in [-0.05, 0) is 36.4 Å². The van der Waals surface area contributed by atoms with Gasteiger partial charge in [-0.2, -0.15) is 8.78 Å². The number of para-hydroxylation sites is 2. The smallest absolute Gasteiger partial charge is 0.387 e. The Balaban J connectivity index is 1.78. The Morgan fingerprint density at radius 3 is 2.48 bits per heavy atom. The van der Waals surface area contributed by atoms with E-state index in [0.29, 0.717) is 5.76 Å². The molecule has 3 rings (SSSR count). The number of benzene rings is 2. The third-order valence-electron chi connectivity index (χ3n) is 3.31. The summed E-state index contributed by atoms with van der Waals surface area (Å²) in [7, 11) is 0. The lowest BCUT2D eigenvalue weighted by Gasteiger charge is -2.10. The lowest BCUT2D eigenvalue weighted by Crippen LogP contribution is -2.13. The number of halogens is 3. The van der Waals surface area contributed by atoms with Gasteiger partial charge < -0.3 is 14.5 Å². The molecule has 0 aliphatic carbocycles. The van der Waals surface area contributed by atoms with Crippen molar-refractivity contribution >= 4 is 27.5 Å². The maximum absolute atomic E-state index is 12.4. The normalized spacial score (nSPS) is 10.7. The third-order valence-corrected chi connectivity index (χ3v) is 3.84. The Labute approximate surface area is 150 Å². The van der Waals surface area contributed by atoms with Crippen molar-refractivity contribution in [3.8, 4) is 17.1 Å². The third kappa shape index (κ3) is 4.24. The maximum atomic E-state index is 12.4. The summed E-state index contributed by atoms with van der Waals surface area (Å²) in [5.41, 5.74) is 0.943. The van der Waals surface area contributed by atoms with Crippen LogP contribution in [0.3, 0.4) is 0 Å². The second-order valence-corrected chi connectivity index (χ2v) is 5.92. The molecule has 7 heteroatoms. The number of alkyl halides is 2. The molecule has 0 bridgehead atoms. The first kappa shape index (κ1) is 17.2. The van der Waals surface area contributed by atoms with Crippen molar-refractivity contribution in [1.29, 1.82) is 0 Å². The first-order valence-electron chi connectivity index (χ1n) is 7.24. The fourth-order valence-electron chi connectivity index (χ4n) is 2.18. The molecule has 0 atom stereocenters. The van der Waals surface area contributed by atoms with Gasteiger partial charge in [-0.1, -0.05) is 40.2 Å². The van der Waals surface area contributed by atoms with E-state index in [9.17, 15) is 13.6 Å². The van der Waals surface area contributed by atoms with Crippen LogP contribution < -0.4 is 10.1 Å². The molecule has 2 aromatic carbocycles. The number of hydrogen-bond donors (Lipinski definition) is 1. The van der Waals surface area contributed by atoms with Crippen LogP contribution in [0.5, 0.6) is 5.75 Å². The Bertz CT molecular complexity index is 878. The van der Waals surface area contributed by atoms with E-state index in [1.165, 1.54) is 24.3 Å². The summed E-state index contributed by atoms with van der Waals surface area (Å²) in [5, 5.41) is 2.51. The van der Waals surface area contributed by atoms with E-state index in [1.54, 1.807) is 12.1 Å². The van der Waals surface area contributed by atoms with E-state index >= 15 is 0 Å². The number of rotatable bonds is 5. The Kier molecular flexibility index (Phi) is 5.14. The van der Waals surface area contributed by atoms with E-state index in [0.717, 1.165) is 10.0 Å². The van der Waals surface area contributed by atoms with Crippen LogP contribution in [0.25, 0.3) is 11.3 Å². The highest BCUT2D eigenvalue weighted by atomic mass is 79.9. The van der Waals surface area contributed by atoms with Gasteiger partial charge in [0.25, 0.3) is 5.91 Å². The predicted octanol–water partition coefficient (Wildman–Crippen LogP) is 5.56. The van der Waals surface area contributed by atoms with Crippen molar-refractivity contribution in [2.75, 3.05) is 5.32 Å². The largest absolute Gasteiger partial charge is 0.451 e. The monoisotopic (exact) mass is 407 g/mol. The lowest BCUT2D eigenvalue weighted by molar-refractivity contribution is -0.0493. The summed E-state index contributed by atoms with van der Waals surface area (Å²) in [4.78, 5) is 12.3. The Morgan fingerprint density at radius 1 is 1.04 bits per heavy atom. The minimum atomic E-state index is -2.98. The highest BCUT2D eigenvalue weighted by molar-refractivity contribution is 9.10. The summed E-state index contributed by atoms with van der Waals surface area (Å²) < 4.78 is 35.7. The molecule has 0 saturated carbocycles. The van der Waals surface area contributed by atoms with Crippen LogP contribution in [-0.4, -0.2) is 12.5 Å². The Hall–Kier alpha value is -2.67. The summed E-state index contributed by atoms with van der Waals surface area (Å²) >= 11 is 3.35. The number of furan rings is 1. The van der Waals surface area contributed by atoms with Crippen LogP contribution in [0.2, 0.25) is 0 Å². The van der Waals surface area contributed by atoms with Crippen LogP contribution in [0.4, 0.5) is 14.5 Å². The number of hydrogen-bond acceptors (Lipinski definition) is 3. The molecule has 4 nitrogen and oxygen atoms in total. The Morgan fingerprint density at radius 2 is 1.76 bits per heavy atom. The van der Waals surface area contributed by atoms with Crippen molar-refractivity contribution in [2.45, 2.75) is 6.61 Å². The molecule has 0 aliphatic heterocycles. The minimum absolute atomic E-state index is 0.0600. The molecule has 128 valence electrons. The molecule has 3 aromatic rings. The van der Waals surface area contributed by atoms with Gasteiger partial charge in [0, 0.05) is 10.0 Å². The number of anilines is 1. The summed E-state index contributed by atoms with van der Waals surface area (Å²) in [5.74, 6) is -0.0984. The van der Waals surface area contributed by atoms with Gasteiger partial charge in [0.1, 0.15) is 11.5 Å². The number of ether oxygens (including phenoxy) is 1. The fourth-order valence-corrected chi connectivity index (χ4v) is 2.45. The second kappa shape index (κ2) is 7.48. The quantitative estimate of drug-likeness (QED) is 0.601. The number of carbonyl (C=O) groups excluding carboxylic acids is 1.